The zero-order valence-electron chi connectivity index (χ0n) is 18.0. The highest BCUT2D eigenvalue weighted by atomic mass is 35.5. The van der Waals surface area contributed by atoms with Crippen molar-refractivity contribution in [2.45, 2.75) is 19.4 Å². The monoisotopic (exact) mass is 507 g/mol. The normalized spacial score (nSPS) is 12.2. The summed E-state index contributed by atoms with van der Waals surface area (Å²) in [5.74, 6) is -2.66. The average Bonchev–Trinajstić information content (AvgIpc) is 3.17. The van der Waals surface area contributed by atoms with E-state index in [9.17, 15) is 18.0 Å². The minimum absolute atomic E-state index is 0.0982. The maximum atomic E-state index is 13.8. The Hall–Kier alpha value is -2.82. The molecule has 2 heterocycles. The van der Waals surface area contributed by atoms with Crippen LogP contribution in [0, 0.1) is 6.92 Å². The third-order valence-electron chi connectivity index (χ3n) is 4.66. The number of hydrogen-bond acceptors (Lipinski definition) is 8. The SMILES string of the molecule is Cc1cccnc1N(Cc1cnc(Cl)s1)C(=O)C(C(=O)OCCS(C)(=O)=O)c1ccccc1. The summed E-state index contributed by atoms with van der Waals surface area (Å²) in [7, 11) is -3.33. The molecule has 0 saturated carbocycles. The number of halogens is 1. The number of hydrogen-bond donors (Lipinski definition) is 0. The van der Waals surface area contributed by atoms with Crippen LogP contribution in [-0.2, 0) is 30.7 Å². The fourth-order valence-corrected chi connectivity index (χ4v) is 4.44. The fraction of sp³-hybridized carbons (Fsp3) is 0.273. The third kappa shape index (κ3) is 6.83. The van der Waals surface area contributed by atoms with Crippen LogP contribution in [0.5, 0.6) is 0 Å². The lowest BCUT2D eigenvalue weighted by Crippen LogP contribution is -2.39. The van der Waals surface area contributed by atoms with Crippen LogP contribution in [0.3, 0.4) is 0 Å². The van der Waals surface area contributed by atoms with E-state index in [1.54, 1.807) is 48.8 Å². The van der Waals surface area contributed by atoms with Crippen LogP contribution in [-0.4, -0.2) is 48.9 Å². The van der Waals surface area contributed by atoms with Crippen LogP contribution in [0.4, 0.5) is 5.82 Å². The zero-order valence-corrected chi connectivity index (χ0v) is 20.4. The van der Waals surface area contributed by atoms with E-state index in [1.165, 1.54) is 16.2 Å². The molecule has 0 radical (unpaired) electrons. The van der Waals surface area contributed by atoms with Gasteiger partial charge in [0.25, 0.3) is 0 Å². The van der Waals surface area contributed by atoms with Gasteiger partial charge in [0.2, 0.25) is 5.91 Å². The topological polar surface area (TPSA) is 107 Å². The minimum Gasteiger partial charge on any atom is -0.464 e. The number of rotatable bonds is 9. The Morgan fingerprint density at radius 3 is 2.48 bits per heavy atom. The predicted octanol–water partition coefficient (Wildman–Crippen LogP) is 3.40. The maximum Gasteiger partial charge on any atom is 0.323 e. The number of pyridine rings is 1. The number of esters is 1. The summed E-state index contributed by atoms with van der Waals surface area (Å²) in [4.78, 5) is 37.3. The van der Waals surface area contributed by atoms with Crippen LogP contribution < -0.4 is 4.90 Å². The maximum absolute atomic E-state index is 13.8. The smallest absolute Gasteiger partial charge is 0.323 e. The molecule has 0 aliphatic rings. The van der Waals surface area contributed by atoms with Gasteiger partial charge in [0.15, 0.2) is 20.2 Å². The number of thiazole rings is 1. The van der Waals surface area contributed by atoms with Gasteiger partial charge in [0.1, 0.15) is 12.4 Å². The van der Waals surface area contributed by atoms with Crippen molar-refractivity contribution in [3.05, 3.63) is 75.3 Å². The number of benzene rings is 1. The van der Waals surface area contributed by atoms with Gasteiger partial charge in [-0.25, -0.2) is 18.4 Å². The molecule has 1 amide bonds. The van der Waals surface area contributed by atoms with E-state index in [-0.39, 0.29) is 18.9 Å². The second-order valence-corrected chi connectivity index (χ2v) is 11.2. The zero-order chi connectivity index (χ0) is 24.0. The van der Waals surface area contributed by atoms with Crippen LogP contribution in [0.1, 0.15) is 21.9 Å². The van der Waals surface area contributed by atoms with Crippen LogP contribution in [0.25, 0.3) is 0 Å². The molecule has 11 heteroatoms. The summed E-state index contributed by atoms with van der Waals surface area (Å²) in [5.41, 5.74) is 1.16. The minimum atomic E-state index is -3.33. The Kier molecular flexibility index (Phi) is 8.17. The molecule has 33 heavy (non-hydrogen) atoms. The molecular weight excluding hydrogens is 486 g/mol. The molecule has 1 aromatic carbocycles. The van der Waals surface area contributed by atoms with E-state index in [1.807, 2.05) is 13.0 Å². The highest BCUT2D eigenvalue weighted by molar-refractivity contribution is 7.90. The number of carbonyl (C=O) groups is 2. The number of ether oxygens (including phenoxy) is 1. The van der Waals surface area contributed by atoms with Gasteiger partial charge in [-0.15, -0.1) is 11.3 Å². The Morgan fingerprint density at radius 2 is 1.88 bits per heavy atom. The molecule has 3 aromatic rings. The Labute approximate surface area is 201 Å². The Morgan fingerprint density at radius 1 is 1.15 bits per heavy atom. The van der Waals surface area contributed by atoms with Crippen molar-refractivity contribution >= 4 is 50.5 Å². The Bertz CT molecular complexity index is 1230. The number of aromatic nitrogens is 2. The number of carbonyl (C=O) groups excluding carboxylic acids is 2. The largest absolute Gasteiger partial charge is 0.464 e. The number of anilines is 1. The molecule has 8 nitrogen and oxygen atoms in total. The van der Waals surface area contributed by atoms with E-state index in [2.05, 4.69) is 9.97 Å². The summed E-state index contributed by atoms with van der Waals surface area (Å²) in [5, 5.41) is 0. The second-order valence-electron chi connectivity index (χ2n) is 7.29. The summed E-state index contributed by atoms with van der Waals surface area (Å²) in [6.07, 6.45) is 4.17. The standard InChI is InChI=1S/C22H22ClN3O5S2/c1-15-7-6-10-24-19(15)26(14-17-13-25-22(23)32-17)20(27)18(16-8-4-3-5-9-16)21(28)31-11-12-33(2,29)30/h3-10,13,18H,11-12,14H2,1-2H3. The van der Waals surface area contributed by atoms with Crippen molar-refractivity contribution in [2.24, 2.45) is 0 Å². The molecule has 0 aliphatic carbocycles. The van der Waals surface area contributed by atoms with Gasteiger partial charge in [-0.1, -0.05) is 48.0 Å². The average molecular weight is 508 g/mol. The Balaban J connectivity index is 1.98. The predicted molar refractivity (Wildman–Crippen MR) is 127 cm³/mol. The molecule has 0 N–H and O–H groups in total. The molecule has 1 atom stereocenters. The van der Waals surface area contributed by atoms with E-state index in [0.717, 1.165) is 11.8 Å². The van der Waals surface area contributed by atoms with Crippen LogP contribution in [0.15, 0.2) is 54.9 Å². The van der Waals surface area contributed by atoms with Gasteiger partial charge in [-0.05, 0) is 24.1 Å². The van der Waals surface area contributed by atoms with Gasteiger partial charge in [-0.3, -0.25) is 14.5 Å². The molecule has 0 saturated heterocycles. The molecule has 2 aromatic heterocycles. The summed E-state index contributed by atoms with van der Waals surface area (Å²) >= 11 is 7.19. The first kappa shape index (κ1) is 24.8. The quantitative estimate of drug-likeness (QED) is 0.322. The van der Waals surface area contributed by atoms with Crippen LogP contribution in [0.2, 0.25) is 4.47 Å². The molecule has 0 fully saturated rings. The second kappa shape index (κ2) is 10.9. The van der Waals surface area contributed by atoms with Gasteiger partial charge >= 0.3 is 5.97 Å². The lowest BCUT2D eigenvalue weighted by Gasteiger charge is -2.26. The van der Waals surface area contributed by atoms with Gasteiger partial charge in [0.05, 0.1) is 12.3 Å². The lowest BCUT2D eigenvalue weighted by atomic mass is 9.97. The van der Waals surface area contributed by atoms with Crippen molar-refractivity contribution < 1.29 is 22.7 Å². The molecule has 0 spiro atoms. The first-order chi connectivity index (χ1) is 15.7. The molecule has 174 valence electrons. The van der Waals surface area contributed by atoms with Gasteiger partial charge < -0.3 is 4.74 Å². The summed E-state index contributed by atoms with van der Waals surface area (Å²) < 4.78 is 28.4. The molecule has 0 aliphatic heterocycles. The van der Waals surface area contributed by atoms with Gasteiger partial charge in [0, 0.05) is 23.5 Å². The van der Waals surface area contributed by atoms with E-state index >= 15 is 0 Å². The number of nitrogens with zero attached hydrogens (tertiary/aromatic N) is 3. The number of amides is 1. The number of sulfone groups is 1. The lowest BCUT2D eigenvalue weighted by molar-refractivity contribution is -0.147. The summed E-state index contributed by atoms with van der Waals surface area (Å²) in [6, 6.07) is 12.0. The molecular formula is C22H22ClN3O5S2. The van der Waals surface area contributed by atoms with Crippen molar-refractivity contribution in [3.8, 4) is 0 Å². The van der Waals surface area contributed by atoms with Crippen molar-refractivity contribution in [1.29, 1.82) is 0 Å². The van der Waals surface area contributed by atoms with E-state index in [4.69, 9.17) is 16.3 Å². The van der Waals surface area contributed by atoms with Crippen molar-refractivity contribution in [1.82, 2.24) is 9.97 Å². The highest BCUT2D eigenvalue weighted by Gasteiger charge is 2.35. The molecule has 0 bridgehead atoms. The number of aryl methyl sites for hydroxylation is 1. The third-order valence-corrected chi connectivity index (χ3v) is 6.66. The highest BCUT2D eigenvalue weighted by Crippen LogP contribution is 2.28. The van der Waals surface area contributed by atoms with Gasteiger partial charge in [-0.2, -0.15) is 0 Å². The fourth-order valence-electron chi connectivity index (χ4n) is 3.09. The van der Waals surface area contributed by atoms with E-state index < -0.39 is 27.6 Å². The molecule has 1 unspecified atom stereocenters. The van der Waals surface area contributed by atoms with Crippen molar-refractivity contribution in [3.63, 3.8) is 0 Å². The van der Waals surface area contributed by atoms with Crippen molar-refractivity contribution in [2.75, 3.05) is 23.5 Å². The first-order valence-electron chi connectivity index (χ1n) is 9.88. The van der Waals surface area contributed by atoms with Crippen LogP contribution >= 0.6 is 22.9 Å². The first-order valence-corrected chi connectivity index (χ1v) is 13.1. The summed E-state index contributed by atoms with van der Waals surface area (Å²) in [6.45, 7) is 1.56. The molecule has 3 rings (SSSR count). The van der Waals surface area contributed by atoms with E-state index in [0.29, 0.717) is 20.7 Å².